The largest absolute Gasteiger partial charge is 0.487 e. The predicted octanol–water partition coefficient (Wildman–Crippen LogP) is 7.21. The number of hydrogen-bond acceptors (Lipinski definition) is 3. The molecule has 5 nitrogen and oxygen atoms in total. The number of amides is 1. The van der Waals surface area contributed by atoms with Crippen LogP contribution in [0.2, 0.25) is 5.02 Å². The van der Waals surface area contributed by atoms with Crippen LogP contribution in [0.3, 0.4) is 0 Å². The Morgan fingerprint density at radius 2 is 1.73 bits per heavy atom. The molecule has 1 amide bonds. The van der Waals surface area contributed by atoms with Gasteiger partial charge >= 0.3 is 5.97 Å². The lowest BCUT2D eigenvalue weighted by molar-refractivity contribution is -0.136. The second kappa shape index (κ2) is 12.7. The Bertz CT molecular complexity index is 1250. The van der Waals surface area contributed by atoms with Crippen LogP contribution >= 0.6 is 11.6 Å². The zero-order valence-electron chi connectivity index (χ0n) is 21.6. The summed E-state index contributed by atoms with van der Waals surface area (Å²) in [5.74, 6) is -1.14. The number of nitrogens with one attached hydrogen (secondary N) is 1. The minimum atomic E-state index is -0.938. The first-order valence-corrected chi connectivity index (χ1v) is 12.7. The number of carbonyl (C=O) groups excluding carboxylic acids is 1. The Morgan fingerprint density at radius 3 is 2.38 bits per heavy atom. The van der Waals surface area contributed by atoms with Crippen LogP contribution in [0.4, 0.5) is 4.39 Å². The first-order chi connectivity index (χ1) is 17.5. The van der Waals surface area contributed by atoms with Gasteiger partial charge in [-0.1, -0.05) is 66.9 Å². The molecule has 0 aliphatic heterocycles. The van der Waals surface area contributed by atoms with Crippen molar-refractivity contribution < 1.29 is 23.8 Å². The average Bonchev–Trinajstić information content (AvgIpc) is 2.82. The third-order valence-corrected chi connectivity index (χ3v) is 6.29. The second-order valence-electron chi connectivity index (χ2n) is 9.83. The van der Waals surface area contributed by atoms with Crippen LogP contribution in [-0.4, -0.2) is 17.0 Å². The zero-order chi connectivity index (χ0) is 27.1. The summed E-state index contributed by atoms with van der Waals surface area (Å²) in [4.78, 5) is 24.8. The van der Waals surface area contributed by atoms with E-state index >= 15 is 0 Å². The molecule has 0 aliphatic carbocycles. The highest BCUT2D eigenvalue weighted by molar-refractivity contribution is 6.32. The van der Waals surface area contributed by atoms with Crippen LogP contribution in [-0.2, 0) is 17.8 Å². The van der Waals surface area contributed by atoms with E-state index in [9.17, 15) is 19.1 Å². The minimum Gasteiger partial charge on any atom is -0.487 e. The molecule has 0 fully saturated rings. The van der Waals surface area contributed by atoms with Gasteiger partial charge in [-0.05, 0) is 67.5 Å². The van der Waals surface area contributed by atoms with Gasteiger partial charge in [0.05, 0.1) is 11.1 Å². The molecule has 0 saturated heterocycles. The summed E-state index contributed by atoms with van der Waals surface area (Å²) in [6.07, 6.45) is 0.870. The maximum absolute atomic E-state index is 13.6. The first-order valence-electron chi connectivity index (χ1n) is 12.3. The van der Waals surface area contributed by atoms with Gasteiger partial charge in [0.15, 0.2) is 0 Å². The van der Waals surface area contributed by atoms with Crippen LogP contribution < -0.4 is 10.1 Å². The number of rotatable bonds is 11. The van der Waals surface area contributed by atoms with Crippen molar-refractivity contribution in [2.75, 3.05) is 0 Å². The summed E-state index contributed by atoms with van der Waals surface area (Å²) < 4.78 is 19.3. The number of benzene rings is 3. The van der Waals surface area contributed by atoms with Crippen LogP contribution in [0.5, 0.6) is 5.75 Å². The third kappa shape index (κ3) is 8.32. The number of hydrogen-bond donors (Lipinski definition) is 2. The summed E-state index contributed by atoms with van der Waals surface area (Å²) in [7, 11) is 0. The lowest BCUT2D eigenvalue weighted by atomic mass is 9.93. The van der Waals surface area contributed by atoms with Crippen LogP contribution in [0.25, 0.3) is 0 Å². The molecule has 3 aromatic rings. The van der Waals surface area contributed by atoms with E-state index in [1.165, 1.54) is 18.2 Å². The summed E-state index contributed by atoms with van der Waals surface area (Å²) in [5, 5.41) is 12.7. The van der Waals surface area contributed by atoms with Crippen molar-refractivity contribution in [2.24, 2.45) is 5.92 Å². The van der Waals surface area contributed by atoms with E-state index < -0.39 is 11.8 Å². The molecule has 2 N–H and O–H groups in total. The average molecular weight is 526 g/mol. The van der Waals surface area contributed by atoms with Gasteiger partial charge < -0.3 is 15.2 Å². The normalized spacial score (nSPS) is 11.9. The van der Waals surface area contributed by atoms with Crippen molar-refractivity contribution in [3.8, 4) is 5.75 Å². The Morgan fingerprint density at radius 1 is 1.03 bits per heavy atom. The molecule has 0 bridgehead atoms. The molecule has 3 aromatic carbocycles. The van der Waals surface area contributed by atoms with E-state index in [-0.39, 0.29) is 42.2 Å². The number of aryl methyl sites for hydroxylation is 3. The minimum absolute atomic E-state index is 0.0646. The van der Waals surface area contributed by atoms with Crippen molar-refractivity contribution in [1.29, 1.82) is 0 Å². The van der Waals surface area contributed by atoms with Crippen LogP contribution in [0.15, 0.2) is 54.6 Å². The monoisotopic (exact) mass is 525 g/mol. The Hall–Kier alpha value is -3.38. The number of carboxylic acid groups (broad SMARTS) is 1. The topological polar surface area (TPSA) is 75.6 Å². The van der Waals surface area contributed by atoms with Gasteiger partial charge in [-0.25, -0.2) is 4.39 Å². The first kappa shape index (κ1) is 28.2. The van der Waals surface area contributed by atoms with Gasteiger partial charge in [-0.3, -0.25) is 9.59 Å². The number of halogens is 2. The Labute approximate surface area is 222 Å². The van der Waals surface area contributed by atoms with Gasteiger partial charge in [0.1, 0.15) is 18.2 Å². The zero-order valence-corrected chi connectivity index (χ0v) is 22.4. The molecular weight excluding hydrogens is 493 g/mol. The molecular formula is C30H33ClFNO4. The molecule has 0 heterocycles. The maximum atomic E-state index is 13.6. The lowest BCUT2D eigenvalue weighted by Gasteiger charge is -2.23. The Balaban J connectivity index is 1.90. The predicted molar refractivity (Wildman–Crippen MR) is 144 cm³/mol. The standard InChI is InChI=1S/C30H33ClFNO4/c1-18(2)11-27(23-13-19(3)12-20(4)14-23)33-30(36)25-15-21(5-6-22(25)7-10-29(34)35)17-37-28-16-24(32)8-9-26(28)31/h5-6,8-9,12-16,18,27H,7,10-11,17H2,1-4H3,(H,33,36)(H,34,35)/t27-/m1/s1. The molecule has 37 heavy (non-hydrogen) atoms. The molecule has 1 atom stereocenters. The van der Waals surface area contributed by atoms with Gasteiger partial charge in [0.2, 0.25) is 0 Å². The fourth-order valence-corrected chi connectivity index (χ4v) is 4.50. The van der Waals surface area contributed by atoms with E-state index in [1.54, 1.807) is 18.2 Å². The molecule has 0 saturated carbocycles. The second-order valence-corrected chi connectivity index (χ2v) is 10.2. The molecule has 7 heteroatoms. The quantitative estimate of drug-likeness (QED) is 0.277. The maximum Gasteiger partial charge on any atom is 0.303 e. The van der Waals surface area contributed by atoms with Gasteiger partial charge in [-0.2, -0.15) is 0 Å². The van der Waals surface area contributed by atoms with E-state index in [2.05, 4.69) is 37.4 Å². The van der Waals surface area contributed by atoms with Crippen molar-refractivity contribution in [3.05, 3.63) is 98.8 Å². The number of carboxylic acids is 1. The van der Waals surface area contributed by atoms with E-state index in [0.717, 1.165) is 23.1 Å². The van der Waals surface area contributed by atoms with Gasteiger partial charge in [-0.15, -0.1) is 0 Å². The molecule has 0 radical (unpaired) electrons. The SMILES string of the molecule is Cc1cc(C)cc([C@@H](CC(C)C)NC(=O)c2cc(COc3cc(F)ccc3Cl)ccc2CCC(=O)O)c1. The van der Waals surface area contributed by atoms with Crippen LogP contribution in [0.1, 0.15) is 70.9 Å². The molecule has 196 valence electrons. The third-order valence-electron chi connectivity index (χ3n) is 5.97. The fourth-order valence-electron chi connectivity index (χ4n) is 4.33. The smallest absolute Gasteiger partial charge is 0.303 e. The highest BCUT2D eigenvalue weighted by atomic mass is 35.5. The van der Waals surface area contributed by atoms with E-state index in [0.29, 0.717) is 22.6 Å². The molecule has 0 aliphatic rings. The van der Waals surface area contributed by atoms with Gasteiger partial charge in [0, 0.05) is 18.1 Å². The summed E-state index contributed by atoms with van der Waals surface area (Å²) in [6.45, 7) is 8.34. The number of ether oxygens (including phenoxy) is 1. The summed E-state index contributed by atoms with van der Waals surface area (Å²) >= 11 is 6.11. The van der Waals surface area contributed by atoms with E-state index in [4.69, 9.17) is 16.3 Å². The lowest BCUT2D eigenvalue weighted by Crippen LogP contribution is -2.30. The van der Waals surface area contributed by atoms with Crippen LogP contribution in [0, 0.1) is 25.6 Å². The fraction of sp³-hybridized carbons (Fsp3) is 0.333. The number of aliphatic carboxylic acids is 1. The van der Waals surface area contributed by atoms with Crippen molar-refractivity contribution in [1.82, 2.24) is 5.32 Å². The highest BCUT2D eigenvalue weighted by Gasteiger charge is 2.21. The molecule has 3 rings (SSSR count). The highest BCUT2D eigenvalue weighted by Crippen LogP contribution is 2.27. The van der Waals surface area contributed by atoms with Crippen molar-refractivity contribution in [2.45, 2.75) is 59.6 Å². The molecule has 0 aromatic heterocycles. The Kier molecular flexibility index (Phi) is 9.70. The van der Waals surface area contributed by atoms with E-state index in [1.807, 2.05) is 13.8 Å². The number of carbonyl (C=O) groups is 2. The van der Waals surface area contributed by atoms with Crippen molar-refractivity contribution >= 4 is 23.5 Å². The summed E-state index contributed by atoms with van der Waals surface area (Å²) in [6, 6.07) is 15.2. The van der Waals surface area contributed by atoms with Gasteiger partial charge in [0.25, 0.3) is 5.91 Å². The molecule has 0 unspecified atom stereocenters. The van der Waals surface area contributed by atoms with Crippen molar-refractivity contribution in [3.63, 3.8) is 0 Å². The summed E-state index contributed by atoms with van der Waals surface area (Å²) in [5.41, 5.74) is 4.98. The molecule has 0 spiro atoms.